The molecule has 2 saturated heterocycles. The van der Waals surface area contributed by atoms with E-state index in [1.54, 1.807) is 0 Å². The number of furan rings is 1. The molecule has 1 aromatic rings. The van der Waals surface area contributed by atoms with Crippen LogP contribution < -0.4 is 4.90 Å². The number of nitrogens with zero attached hydrogens (tertiary/aromatic N) is 3. The van der Waals surface area contributed by atoms with E-state index in [1.807, 2.05) is 12.1 Å². The van der Waals surface area contributed by atoms with Gasteiger partial charge in [0.1, 0.15) is 5.76 Å². The summed E-state index contributed by atoms with van der Waals surface area (Å²) in [4.78, 5) is 28.0. The summed E-state index contributed by atoms with van der Waals surface area (Å²) in [6.07, 6.45) is 11.8. The topological polar surface area (TPSA) is 66.1 Å². The Hall–Kier alpha value is -2.37. The number of anilines is 1. The van der Waals surface area contributed by atoms with E-state index in [-0.39, 0.29) is 40.9 Å². The van der Waals surface area contributed by atoms with Gasteiger partial charge in [-0.05, 0) is 55.4 Å². The van der Waals surface area contributed by atoms with Crippen LogP contribution in [0.1, 0.15) is 37.9 Å². The largest absolute Gasteiger partial charge is 0.440 e. The molecule has 140 valence electrons. The van der Waals surface area contributed by atoms with Crippen molar-refractivity contribution in [1.29, 1.82) is 0 Å². The first-order chi connectivity index (χ1) is 13.2. The summed E-state index contributed by atoms with van der Waals surface area (Å²) in [5.41, 5.74) is 0.223. The highest BCUT2D eigenvalue weighted by Crippen LogP contribution is 2.73. The molecule has 4 atom stereocenters. The van der Waals surface area contributed by atoms with Gasteiger partial charge in [0.05, 0.1) is 18.1 Å². The molecule has 2 saturated carbocycles. The number of hydrazone groups is 1. The van der Waals surface area contributed by atoms with Crippen LogP contribution >= 0.6 is 0 Å². The fourth-order valence-electron chi connectivity index (χ4n) is 5.99. The zero-order valence-electron chi connectivity index (χ0n) is 15.2. The van der Waals surface area contributed by atoms with Crippen LogP contribution in [0.25, 0.3) is 0 Å². The minimum atomic E-state index is -0.201. The van der Waals surface area contributed by atoms with E-state index in [4.69, 9.17) is 4.42 Å². The lowest BCUT2D eigenvalue weighted by Crippen LogP contribution is -2.30. The van der Waals surface area contributed by atoms with E-state index < -0.39 is 0 Å². The Kier molecular flexibility index (Phi) is 3.09. The number of fused-ring (bicyclic) bond motifs is 3. The lowest BCUT2D eigenvalue weighted by Gasteiger charge is -2.25. The zero-order chi connectivity index (χ0) is 18.2. The van der Waals surface area contributed by atoms with Crippen LogP contribution in [0.4, 0.5) is 5.88 Å². The van der Waals surface area contributed by atoms with Crippen LogP contribution in [-0.2, 0) is 9.59 Å². The van der Waals surface area contributed by atoms with E-state index in [2.05, 4.69) is 22.2 Å². The highest BCUT2D eigenvalue weighted by molar-refractivity contribution is 6.07. The number of carbonyl (C=O) groups is 2. The summed E-state index contributed by atoms with van der Waals surface area (Å²) in [6, 6.07) is 3.79. The third-order valence-electron chi connectivity index (χ3n) is 7.41. The van der Waals surface area contributed by atoms with Crippen molar-refractivity contribution in [3.8, 4) is 0 Å². The quantitative estimate of drug-likeness (QED) is 0.469. The number of rotatable bonds is 3. The molecule has 0 aromatic carbocycles. The molecule has 2 amide bonds. The number of amides is 2. The van der Waals surface area contributed by atoms with E-state index in [0.29, 0.717) is 5.76 Å². The van der Waals surface area contributed by atoms with Gasteiger partial charge >= 0.3 is 0 Å². The fraction of sp³-hybridized carbons (Fsp3) is 0.571. The first-order valence-corrected chi connectivity index (χ1v) is 10.1. The van der Waals surface area contributed by atoms with Crippen LogP contribution in [0.3, 0.4) is 0 Å². The van der Waals surface area contributed by atoms with Crippen LogP contribution in [0.15, 0.2) is 33.8 Å². The first kappa shape index (κ1) is 15.7. The predicted molar refractivity (Wildman–Crippen MR) is 99.0 cm³/mol. The highest BCUT2D eigenvalue weighted by Gasteiger charge is 2.73. The Morgan fingerprint density at radius 3 is 2.30 bits per heavy atom. The van der Waals surface area contributed by atoms with Crippen molar-refractivity contribution < 1.29 is 14.0 Å². The van der Waals surface area contributed by atoms with Gasteiger partial charge in [0, 0.05) is 19.2 Å². The molecule has 2 aliphatic heterocycles. The van der Waals surface area contributed by atoms with Gasteiger partial charge in [-0.3, -0.25) is 9.59 Å². The van der Waals surface area contributed by atoms with Crippen molar-refractivity contribution >= 4 is 23.9 Å². The minimum absolute atomic E-state index is 0.132. The van der Waals surface area contributed by atoms with Crippen molar-refractivity contribution in [2.45, 2.75) is 32.1 Å². The third-order valence-corrected chi connectivity index (χ3v) is 7.41. The van der Waals surface area contributed by atoms with Crippen molar-refractivity contribution in [1.82, 2.24) is 5.01 Å². The number of piperidine rings is 1. The monoisotopic (exact) mass is 365 g/mol. The summed E-state index contributed by atoms with van der Waals surface area (Å²) >= 11 is 0. The van der Waals surface area contributed by atoms with Crippen LogP contribution in [-0.4, -0.2) is 36.1 Å². The Balaban J connectivity index is 1.21. The van der Waals surface area contributed by atoms with Crippen molar-refractivity contribution in [3.63, 3.8) is 0 Å². The first-order valence-electron chi connectivity index (χ1n) is 10.1. The van der Waals surface area contributed by atoms with E-state index in [9.17, 15) is 9.59 Å². The molecule has 0 radical (unpaired) electrons. The highest BCUT2D eigenvalue weighted by atomic mass is 16.4. The summed E-state index contributed by atoms with van der Waals surface area (Å²) < 4.78 is 5.86. The maximum absolute atomic E-state index is 12.9. The van der Waals surface area contributed by atoms with Gasteiger partial charge in [-0.2, -0.15) is 10.1 Å². The molecule has 6 heteroatoms. The maximum Gasteiger partial charge on any atom is 0.254 e. The molecule has 0 unspecified atom stereocenters. The minimum Gasteiger partial charge on any atom is -0.440 e. The molecule has 6 rings (SSSR count). The van der Waals surface area contributed by atoms with E-state index in [0.717, 1.165) is 36.8 Å². The SMILES string of the molecule is O=C1[C@@H]2[C@@H](C(=O)N1/N=C\c1ccc(N3CCCCC3)o1)[C@@H]1C=C[C@@H]2C12CC2. The van der Waals surface area contributed by atoms with Gasteiger partial charge in [0.2, 0.25) is 0 Å². The summed E-state index contributed by atoms with van der Waals surface area (Å²) in [6.45, 7) is 2.02. The second-order valence-electron chi connectivity index (χ2n) is 8.68. The number of imide groups is 1. The molecular weight excluding hydrogens is 342 g/mol. The van der Waals surface area contributed by atoms with Gasteiger partial charge in [0.25, 0.3) is 11.8 Å². The molecule has 0 N–H and O–H groups in total. The van der Waals surface area contributed by atoms with Crippen LogP contribution in [0.5, 0.6) is 0 Å². The molecule has 6 nitrogen and oxygen atoms in total. The normalized spacial score (nSPS) is 35.9. The molecule has 1 aromatic heterocycles. The lowest BCUT2D eigenvalue weighted by molar-refractivity contribution is -0.141. The number of carbonyl (C=O) groups excluding carboxylic acids is 2. The molecule has 3 heterocycles. The Morgan fingerprint density at radius 2 is 1.67 bits per heavy atom. The Bertz CT molecular complexity index is 841. The average molecular weight is 365 g/mol. The van der Waals surface area contributed by atoms with E-state index >= 15 is 0 Å². The number of allylic oxidation sites excluding steroid dienone is 2. The fourth-order valence-corrected chi connectivity index (χ4v) is 5.99. The molecule has 3 aliphatic carbocycles. The maximum atomic E-state index is 12.9. The standard InChI is InChI=1S/C21H23N3O3/c25-19-17-14-5-6-15(21(14)8-9-21)18(17)20(26)24(19)22-12-13-4-7-16(27-13)23-10-2-1-3-11-23/h4-7,12,14-15,17-18H,1-3,8-11H2/b22-12-/t14-,15-,17-,18-/m0/s1. The summed E-state index contributed by atoms with van der Waals surface area (Å²) in [5, 5.41) is 5.33. The lowest BCUT2D eigenvalue weighted by atomic mass is 9.85. The van der Waals surface area contributed by atoms with Gasteiger partial charge in [0.15, 0.2) is 5.88 Å². The zero-order valence-corrected chi connectivity index (χ0v) is 15.2. The predicted octanol–water partition coefficient (Wildman–Crippen LogP) is 2.80. The molecular formula is C21H23N3O3. The number of hydrogen-bond donors (Lipinski definition) is 0. The van der Waals surface area contributed by atoms with Crippen molar-refractivity contribution in [3.05, 3.63) is 30.0 Å². The Morgan fingerprint density at radius 1 is 1.00 bits per heavy atom. The van der Waals surface area contributed by atoms with Gasteiger partial charge in [-0.15, -0.1) is 0 Å². The second-order valence-corrected chi connectivity index (χ2v) is 8.68. The number of hydrogen-bond acceptors (Lipinski definition) is 5. The van der Waals surface area contributed by atoms with Crippen molar-refractivity contribution in [2.24, 2.45) is 34.2 Å². The molecule has 4 fully saturated rings. The molecule has 27 heavy (non-hydrogen) atoms. The summed E-state index contributed by atoms with van der Waals surface area (Å²) in [5.74, 6) is 1.22. The van der Waals surface area contributed by atoms with Crippen LogP contribution in [0.2, 0.25) is 0 Å². The van der Waals surface area contributed by atoms with Gasteiger partial charge in [-0.1, -0.05) is 12.2 Å². The van der Waals surface area contributed by atoms with Crippen molar-refractivity contribution in [2.75, 3.05) is 18.0 Å². The van der Waals surface area contributed by atoms with Crippen LogP contribution in [0, 0.1) is 29.1 Å². The Labute approximate surface area is 157 Å². The van der Waals surface area contributed by atoms with E-state index in [1.165, 1.54) is 25.5 Å². The average Bonchev–Trinajstić information content (AvgIpc) is 2.98. The molecule has 5 aliphatic rings. The summed E-state index contributed by atoms with van der Waals surface area (Å²) in [7, 11) is 0. The van der Waals surface area contributed by atoms with Gasteiger partial charge in [-0.25, -0.2) is 0 Å². The smallest absolute Gasteiger partial charge is 0.254 e. The van der Waals surface area contributed by atoms with Gasteiger partial charge < -0.3 is 9.32 Å². The molecule has 1 spiro atoms. The third kappa shape index (κ3) is 2.04. The molecule has 2 bridgehead atoms. The second kappa shape index (κ2) is 5.33.